The summed E-state index contributed by atoms with van der Waals surface area (Å²) in [5.41, 5.74) is 2.63. The van der Waals surface area contributed by atoms with Crippen molar-refractivity contribution in [1.29, 1.82) is 0 Å². The highest BCUT2D eigenvalue weighted by atomic mass is 16.7. The predicted molar refractivity (Wildman–Crippen MR) is 237 cm³/mol. The zero-order chi connectivity index (χ0) is 43.9. The number of rotatable bonds is 14. The van der Waals surface area contributed by atoms with Crippen molar-refractivity contribution in [3.8, 4) is 5.75 Å². The van der Waals surface area contributed by atoms with E-state index in [0.717, 1.165) is 16.7 Å². The molecular weight excluding hydrogens is 811 g/mol. The number of nitrogens with one attached hydrogen (secondary N) is 1. The van der Waals surface area contributed by atoms with E-state index in [1.54, 1.807) is 96.6 Å². The van der Waals surface area contributed by atoms with Crippen LogP contribution in [0.15, 0.2) is 189 Å². The fraction of sp³-hybridized carbons (Fsp3) is 0.137. The number of methoxy groups -OCH3 is 1. The van der Waals surface area contributed by atoms with E-state index in [-0.39, 0.29) is 34.7 Å². The summed E-state index contributed by atoms with van der Waals surface area (Å²) in [6.45, 7) is -0.182. The number of esters is 2. The standard InChI is InChI=1S/C51H41N5O8/c1-60-40-29-27-39(28-30-40)51(37-23-13-5-14-24-37,38-25-15-6-16-26-38)61-31-41-43(63-49(58)35-19-9-3-10-20-35)44(64-50(59)36-21-11-4-12-22-36)48(62-41)56-33-54-42-45(52-32-53-46(42)56)55-47(57)34-17-7-2-8-18-34/h2-30,32-33,41,43-44,48H,31H2,1H3,(H,52,53,55,57)/t41-,43-,44-,48-/m1/s1. The van der Waals surface area contributed by atoms with Gasteiger partial charge in [-0.2, -0.15) is 0 Å². The van der Waals surface area contributed by atoms with Crippen LogP contribution in [-0.4, -0.2) is 69.4 Å². The van der Waals surface area contributed by atoms with Crippen molar-refractivity contribution in [2.24, 2.45) is 0 Å². The minimum absolute atomic E-state index is 0.148. The molecule has 4 atom stereocenters. The summed E-state index contributed by atoms with van der Waals surface area (Å²) in [5.74, 6) is -0.940. The molecule has 3 heterocycles. The summed E-state index contributed by atoms with van der Waals surface area (Å²) in [6, 6.07) is 52.9. The third-order valence-electron chi connectivity index (χ3n) is 11.0. The highest BCUT2D eigenvalue weighted by molar-refractivity contribution is 6.06. The fourth-order valence-electron chi connectivity index (χ4n) is 7.89. The van der Waals surface area contributed by atoms with Crippen LogP contribution in [0.2, 0.25) is 0 Å². The van der Waals surface area contributed by atoms with Gasteiger partial charge in [0.05, 0.1) is 31.2 Å². The lowest BCUT2D eigenvalue weighted by Gasteiger charge is -2.37. The van der Waals surface area contributed by atoms with Crippen molar-refractivity contribution in [1.82, 2.24) is 19.5 Å². The van der Waals surface area contributed by atoms with Crippen molar-refractivity contribution in [3.05, 3.63) is 222 Å². The molecule has 13 nitrogen and oxygen atoms in total. The summed E-state index contributed by atoms with van der Waals surface area (Å²) in [4.78, 5) is 54.9. The Kier molecular flexibility index (Phi) is 12.0. The number of amides is 1. The molecule has 6 aromatic carbocycles. The molecular formula is C51H41N5O8. The van der Waals surface area contributed by atoms with Crippen LogP contribution in [0.25, 0.3) is 11.2 Å². The van der Waals surface area contributed by atoms with Gasteiger partial charge in [-0.3, -0.25) is 9.36 Å². The van der Waals surface area contributed by atoms with Gasteiger partial charge >= 0.3 is 11.9 Å². The molecule has 1 amide bonds. The van der Waals surface area contributed by atoms with Gasteiger partial charge in [0, 0.05) is 5.56 Å². The number of aromatic nitrogens is 4. The lowest BCUT2D eigenvalue weighted by Crippen LogP contribution is -2.43. The number of carbonyl (C=O) groups is 3. The third-order valence-corrected chi connectivity index (χ3v) is 11.0. The van der Waals surface area contributed by atoms with E-state index < -0.39 is 48.0 Å². The van der Waals surface area contributed by atoms with Crippen LogP contribution in [0.5, 0.6) is 5.75 Å². The van der Waals surface area contributed by atoms with E-state index in [1.165, 1.54) is 12.7 Å². The van der Waals surface area contributed by atoms with Gasteiger partial charge in [0.1, 0.15) is 23.8 Å². The van der Waals surface area contributed by atoms with Gasteiger partial charge in [0.15, 0.2) is 35.4 Å². The number of imidazole rings is 1. The number of fused-ring (bicyclic) bond motifs is 1. The minimum atomic E-state index is -1.28. The van der Waals surface area contributed by atoms with Crippen molar-refractivity contribution in [3.63, 3.8) is 0 Å². The highest BCUT2D eigenvalue weighted by Gasteiger charge is 2.52. The van der Waals surface area contributed by atoms with Gasteiger partial charge in [-0.05, 0) is 65.2 Å². The number of hydrogen-bond acceptors (Lipinski definition) is 11. The van der Waals surface area contributed by atoms with Crippen LogP contribution >= 0.6 is 0 Å². The number of hydrogen-bond donors (Lipinski definition) is 1. The molecule has 0 bridgehead atoms. The van der Waals surface area contributed by atoms with Crippen LogP contribution in [0, 0.1) is 0 Å². The monoisotopic (exact) mass is 851 g/mol. The van der Waals surface area contributed by atoms with E-state index in [1.807, 2.05) is 91.0 Å². The van der Waals surface area contributed by atoms with Gasteiger partial charge in [0.25, 0.3) is 5.91 Å². The largest absolute Gasteiger partial charge is 0.497 e. The number of carbonyl (C=O) groups excluding carboxylic acids is 3. The van der Waals surface area contributed by atoms with E-state index in [9.17, 15) is 14.4 Å². The summed E-state index contributed by atoms with van der Waals surface area (Å²) in [6.07, 6.45) is -2.03. The van der Waals surface area contributed by atoms with E-state index >= 15 is 0 Å². The van der Waals surface area contributed by atoms with E-state index in [4.69, 9.17) is 23.7 Å². The zero-order valence-electron chi connectivity index (χ0n) is 34.5. The molecule has 0 aliphatic carbocycles. The molecule has 1 N–H and O–H groups in total. The van der Waals surface area contributed by atoms with Crippen molar-refractivity contribution in [2.75, 3.05) is 19.0 Å². The van der Waals surface area contributed by atoms with E-state index in [0.29, 0.717) is 11.3 Å². The number of ether oxygens (including phenoxy) is 5. The maximum Gasteiger partial charge on any atom is 0.338 e. The van der Waals surface area contributed by atoms with Crippen LogP contribution in [0.4, 0.5) is 5.82 Å². The van der Waals surface area contributed by atoms with Gasteiger partial charge in [0.2, 0.25) is 0 Å². The van der Waals surface area contributed by atoms with Gasteiger partial charge in [-0.15, -0.1) is 0 Å². The van der Waals surface area contributed by atoms with Gasteiger partial charge < -0.3 is 29.0 Å². The quantitative estimate of drug-likeness (QED) is 0.0829. The molecule has 1 fully saturated rings. The number of anilines is 1. The van der Waals surface area contributed by atoms with E-state index in [2.05, 4.69) is 20.3 Å². The average molecular weight is 852 g/mol. The average Bonchev–Trinajstić information content (AvgIpc) is 3.94. The smallest absolute Gasteiger partial charge is 0.338 e. The lowest BCUT2D eigenvalue weighted by atomic mass is 9.80. The summed E-state index contributed by atoms with van der Waals surface area (Å²) in [7, 11) is 1.61. The van der Waals surface area contributed by atoms with Gasteiger partial charge in [-0.1, -0.05) is 127 Å². The Bertz CT molecular complexity index is 2810. The van der Waals surface area contributed by atoms with Crippen LogP contribution in [-0.2, 0) is 24.5 Å². The molecule has 1 aliphatic heterocycles. The maximum atomic E-state index is 14.1. The summed E-state index contributed by atoms with van der Waals surface area (Å²) in [5, 5.41) is 2.83. The lowest BCUT2D eigenvalue weighted by molar-refractivity contribution is -0.0961. The second kappa shape index (κ2) is 18.5. The Morgan fingerprint density at radius 1 is 0.609 bits per heavy atom. The van der Waals surface area contributed by atoms with Crippen molar-refractivity contribution < 1.29 is 38.1 Å². The molecule has 13 heteroatoms. The molecule has 318 valence electrons. The number of nitrogens with zero attached hydrogens (tertiary/aromatic N) is 4. The summed E-state index contributed by atoms with van der Waals surface area (Å²) < 4.78 is 34.0. The maximum absolute atomic E-state index is 14.1. The Morgan fingerprint density at radius 2 is 1.11 bits per heavy atom. The van der Waals surface area contributed by atoms with Crippen molar-refractivity contribution >= 4 is 34.8 Å². The molecule has 9 rings (SSSR count). The topological polar surface area (TPSA) is 153 Å². The summed E-state index contributed by atoms with van der Waals surface area (Å²) >= 11 is 0. The first-order valence-electron chi connectivity index (χ1n) is 20.5. The molecule has 1 saturated heterocycles. The molecule has 0 saturated carbocycles. The Morgan fingerprint density at radius 3 is 1.66 bits per heavy atom. The molecule has 2 aromatic heterocycles. The zero-order valence-corrected chi connectivity index (χ0v) is 34.5. The second-order valence-corrected chi connectivity index (χ2v) is 14.9. The molecule has 0 unspecified atom stereocenters. The molecule has 0 radical (unpaired) electrons. The Labute approximate surface area is 368 Å². The Hall–Kier alpha value is -8.00. The number of benzene rings is 6. The van der Waals surface area contributed by atoms with Crippen LogP contribution < -0.4 is 10.1 Å². The first-order chi connectivity index (χ1) is 31.4. The van der Waals surface area contributed by atoms with Crippen molar-refractivity contribution in [2.45, 2.75) is 30.1 Å². The second-order valence-electron chi connectivity index (χ2n) is 14.9. The molecule has 1 aliphatic rings. The molecule has 64 heavy (non-hydrogen) atoms. The first-order valence-corrected chi connectivity index (χ1v) is 20.5. The Balaban J connectivity index is 1.15. The minimum Gasteiger partial charge on any atom is -0.497 e. The predicted octanol–water partition coefficient (Wildman–Crippen LogP) is 8.44. The molecule has 8 aromatic rings. The SMILES string of the molecule is COc1ccc(C(OC[C@H]2O[C@@H](n3cnc4c(NC(=O)c5ccccc5)ncnc43)[C@H](OC(=O)c3ccccc3)[C@@H]2OC(=O)c2ccccc2)(c2ccccc2)c2ccccc2)cc1. The first kappa shape index (κ1) is 41.4. The normalized spacial score (nSPS) is 17.1. The third kappa shape index (κ3) is 8.32. The van der Waals surface area contributed by atoms with Crippen LogP contribution in [0.3, 0.4) is 0 Å². The van der Waals surface area contributed by atoms with Gasteiger partial charge in [-0.25, -0.2) is 24.5 Å². The molecule has 0 spiro atoms. The van der Waals surface area contributed by atoms with Crippen LogP contribution in [0.1, 0.15) is 54.0 Å². The fourth-order valence-corrected chi connectivity index (χ4v) is 7.89. The highest BCUT2D eigenvalue weighted by Crippen LogP contribution is 2.43.